The summed E-state index contributed by atoms with van der Waals surface area (Å²) in [4.78, 5) is 30.0. The molecule has 1 aromatic carbocycles. The fraction of sp³-hybridized carbons (Fsp3) is 0.278. The van der Waals surface area contributed by atoms with Crippen LogP contribution in [0.4, 0.5) is 10.5 Å². The van der Waals surface area contributed by atoms with E-state index in [1.54, 1.807) is 11.1 Å². The van der Waals surface area contributed by atoms with Crippen molar-refractivity contribution in [2.24, 2.45) is 0 Å². The van der Waals surface area contributed by atoms with Crippen molar-refractivity contribution in [2.45, 2.75) is 25.9 Å². The molecule has 6 heteroatoms. The maximum absolute atomic E-state index is 12.2. The summed E-state index contributed by atoms with van der Waals surface area (Å²) in [5.41, 5.74) is 2.80. The molecule has 0 bridgehead atoms. The number of carbonyl (C=O) groups is 2. The zero-order chi connectivity index (χ0) is 16.9. The third-order valence-electron chi connectivity index (χ3n) is 3.96. The number of amides is 3. The average molecular weight is 324 g/mol. The second kappa shape index (κ2) is 7.12. The van der Waals surface area contributed by atoms with Gasteiger partial charge in [-0.1, -0.05) is 23.8 Å². The molecule has 24 heavy (non-hydrogen) atoms. The van der Waals surface area contributed by atoms with Crippen LogP contribution in [-0.4, -0.2) is 29.5 Å². The van der Waals surface area contributed by atoms with Gasteiger partial charge in [-0.3, -0.25) is 9.78 Å². The van der Waals surface area contributed by atoms with E-state index >= 15 is 0 Å². The van der Waals surface area contributed by atoms with Gasteiger partial charge in [0, 0.05) is 24.8 Å². The third-order valence-corrected chi connectivity index (χ3v) is 3.96. The van der Waals surface area contributed by atoms with Crippen LogP contribution in [0.5, 0.6) is 0 Å². The van der Waals surface area contributed by atoms with Crippen molar-refractivity contribution in [3.05, 3.63) is 59.9 Å². The summed E-state index contributed by atoms with van der Waals surface area (Å²) >= 11 is 0. The fourth-order valence-corrected chi connectivity index (χ4v) is 2.69. The molecule has 0 unspecified atom stereocenters. The molecule has 1 aliphatic rings. The first-order valence-electron chi connectivity index (χ1n) is 7.93. The molecule has 2 N–H and O–H groups in total. The molecule has 6 nitrogen and oxygen atoms in total. The summed E-state index contributed by atoms with van der Waals surface area (Å²) in [6, 6.07) is 12.9. The van der Waals surface area contributed by atoms with Crippen LogP contribution in [0.15, 0.2) is 48.7 Å². The molecule has 1 atom stereocenters. The molecular weight excluding hydrogens is 304 g/mol. The van der Waals surface area contributed by atoms with Gasteiger partial charge in [-0.2, -0.15) is 0 Å². The van der Waals surface area contributed by atoms with Crippen LogP contribution in [0, 0.1) is 6.92 Å². The minimum Gasteiger partial charge on any atom is -0.333 e. The SMILES string of the molecule is Cc1ccc(N2C[C@H](NC(=O)NCc3ccccn3)CC2=O)cc1. The maximum atomic E-state index is 12.2. The Bertz CT molecular complexity index is 716. The first kappa shape index (κ1) is 16.0. The Hall–Kier alpha value is -2.89. The van der Waals surface area contributed by atoms with Gasteiger partial charge in [0.2, 0.25) is 5.91 Å². The van der Waals surface area contributed by atoms with E-state index in [1.807, 2.05) is 49.4 Å². The number of anilines is 1. The number of hydrogen-bond acceptors (Lipinski definition) is 3. The highest BCUT2D eigenvalue weighted by Gasteiger charge is 2.31. The number of aromatic nitrogens is 1. The van der Waals surface area contributed by atoms with Gasteiger partial charge >= 0.3 is 6.03 Å². The van der Waals surface area contributed by atoms with Gasteiger partial charge < -0.3 is 15.5 Å². The lowest BCUT2D eigenvalue weighted by Gasteiger charge is -2.17. The van der Waals surface area contributed by atoms with Gasteiger partial charge in [-0.05, 0) is 31.2 Å². The molecule has 2 heterocycles. The molecule has 0 saturated carbocycles. The van der Waals surface area contributed by atoms with E-state index in [0.29, 0.717) is 19.5 Å². The molecule has 1 saturated heterocycles. The second-order valence-electron chi connectivity index (χ2n) is 5.89. The van der Waals surface area contributed by atoms with E-state index < -0.39 is 0 Å². The minimum atomic E-state index is -0.288. The molecule has 1 aromatic heterocycles. The van der Waals surface area contributed by atoms with Crippen LogP contribution in [0.1, 0.15) is 17.7 Å². The number of pyridine rings is 1. The molecule has 0 aliphatic carbocycles. The number of hydrogen-bond donors (Lipinski definition) is 2. The smallest absolute Gasteiger partial charge is 0.315 e. The standard InChI is InChI=1S/C18H20N4O2/c1-13-5-7-16(8-6-13)22-12-15(10-17(22)23)21-18(24)20-11-14-4-2-3-9-19-14/h2-9,15H,10-12H2,1H3,(H2,20,21,24)/t15-/m1/s1. The quantitative estimate of drug-likeness (QED) is 0.903. The maximum Gasteiger partial charge on any atom is 0.315 e. The van der Waals surface area contributed by atoms with E-state index in [-0.39, 0.29) is 18.0 Å². The highest BCUT2D eigenvalue weighted by atomic mass is 16.2. The Kier molecular flexibility index (Phi) is 4.74. The summed E-state index contributed by atoms with van der Waals surface area (Å²) in [7, 11) is 0. The molecule has 1 fully saturated rings. The third kappa shape index (κ3) is 3.90. The van der Waals surface area contributed by atoms with Crippen LogP contribution >= 0.6 is 0 Å². The number of rotatable bonds is 4. The first-order valence-corrected chi connectivity index (χ1v) is 7.93. The van der Waals surface area contributed by atoms with Gasteiger partial charge in [0.15, 0.2) is 0 Å². The Morgan fingerprint density at radius 1 is 1.25 bits per heavy atom. The highest BCUT2D eigenvalue weighted by Crippen LogP contribution is 2.21. The predicted octanol–water partition coefficient (Wildman–Crippen LogP) is 1.99. The van der Waals surface area contributed by atoms with Crippen molar-refractivity contribution >= 4 is 17.6 Å². The van der Waals surface area contributed by atoms with E-state index in [4.69, 9.17) is 0 Å². The number of carbonyl (C=O) groups excluding carboxylic acids is 2. The van der Waals surface area contributed by atoms with Crippen LogP contribution in [0.3, 0.4) is 0 Å². The Morgan fingerprint density at radius 3 is 2.75 bits per heavy atom. The van der Waals surface area contributed by atoms with Crippen molar-refractivity contribution in [2.75, 3.05) is 11.4 Å². The predicted molar refractivity (Wildman–Crippen MR) is 91.5 cm³/mol. The summed E-state index contributed by atoms with van der Waals surface area (Å²) in [5, 5.41) is 5.61. The lowest BCUT2D eigenvalue weighted by Crippen LogP contribution is -2.43. The largest absolute Gasteiger partial charge is 0.333 e. The number of aryl methyl sites for hydroxylation is 1. The topological polar surface area (TPSA) is 74.3 Å². The van der Waals surface area contributed by atoms with E-state index in [2.05, 4.69) is 15.6 Å². The molecule has 0 radical (unpaired) electrons. The van der Waals surface area contributed by atoms with Crippen molar-refractivity contribution in [1.29, 1.82) is 0 Å². The average Bonchev–Trinajstić information content (AvgIpc) is 2.95. The molecule has 1 aliphatic heterocycles. The van der Waals surface area contributed by atoms with Gasteiger partial charge in [0.1, 0.15) is 0 Å². The number of nitrogens with zero attached hydrogens (tertiary/aromatic N) is 2. The molecule has 0 spiro atoms. The normalized spacial score (nSPS) is 17.0. The number of urea groups is 1. The van der Waals surface area contributed by atoms with Crippen LogP contribution in [0.25, 0.3) is 0 Å². The van der Waals surface area contributed by atoms with Crippen LogP contribution in [0.2, 0.25) is 0 Å². The number of nitrogens with one attached hydrogen (secondary N) is 2. The molecule has 124 valence electrons. The highest BCUT2D eigenvalue weighted by molar-refractivity contribution is 5.96. The summed E-state index contributed by atoms with van der Waals surface area (Å²) in [6.45, 7) is 2.85. The summed E-state index contributed by atoms with van der Waals surface area (Å²) in [6.07, 6.45) is 1.99. The van der Waals surface area contributed by atoms with Crippen LogP contribution in [-0.2, 0) is 11.3 Å². The Labute approximate surface area is 140 Å². The van der Waals surface area contributed by atoms with Gasteiger partial charge in [0.05, 0.1) is 18.3 Å². The molecule has 2 aromatic rings. The summed E-state index contributed by atoms with van der Waals surface area (Å²) < 4.78 is 0. The fourth-order valence-electron chi connectivity index (χ4n) is 2.69. The second-order valence-corrected chi connectivity index (χ2v) is 5.89. The van der Waals surface area contributed by atoms with Gasteiger partial charge in [0.25, 0.3) is 0 Å². The van der Waals surface area contributed by atoms with Crippen molar-refractivity contribution in [1.82, 2.24) is 15.6 Å². The Balaban J connectivity index is 1.52. The minimum absolute atomic E-state index is 0.0221. The zero-order valence-electron chi connectivity index (χ0n) is 13.5. The van der Waals surface area contributed by atoms with Gasteiger partial charge in [-0.15, -0.1) is 0 Å². The molecule has 3 amide bonds. The lowest BCUT2D eigenvalue weighted by molar-refractivity contribution is -0.117. The Morgan fingerprint density at radius 2 is 2.04 bits per heavy atom. The number of benzene rings is 1. The summed E-state index contributed by atoms with van der Waals surface area (Å²) in [5.74, 6) is 0.0221. The van der Waals surface area contributed by atoms with E-state index in [0.717, 1.165) is 16.9 Å². The van der Waals surface area contributed by atoms with E-state index in [1.165, 1.54) is 0 Å². The van der Waals surface area contributed by atoms with Crippen molar-refractivity contribution in [3.8, 4) is 0 Å². The van der Waals surface area contributed by atoms with Crippen molar-refractivity contribution < 1.29 is 9.59 Å². The van der Waals surface area contributed by atoms with Crippen LogP contribution < -0.4 is 15.5 Å². The lowest BCUT2D eigenvalue weighted by atomic mass is 10.2. The zero-order valence-corrected chi connectivity index (χ0v) is 13.5. The molecule has 3 rings (SSSR count). The van der Waals surface area contributed by atoms with Crippen molar-refractivity contribution in [3.63, 3.8) is 0 Å². The monoisotopic (exact) mass is 324 g/mol. The first-order chi connectivity index (χ1) is 11.6. The van der Waals surface area contributed by atoms with Gasteiger partial charge in [-0.25, -0.2) is 4.79 Å². The van der Waals surface area contributed by atoms with E-state index in [9.17, 15) is 9.59 Å². The molecular formula is C18H20N4O2.